The van der Waals surface area contributed by atoms with Crippen LogP contribution in [-0.4, -0.2) is 80.1 Å². The van der Waals surface area contributed by atoms with Crippen LogP contribution in [0.2, 0.25) is 0 Å². The summed E-state index contributed by atoms with van der Waals surface area (Å²) in [7, 11) is 3.34. The lowest BCUT2D eigenvalue weighted by Crippen LogP contribution is -2.46. The van der Waals surface area contributed by atoms with Crippen LogP contribution >= 0.6 is 0 Å². The van der Waals surface area contributed by atoms with Gasteiger partial charge in [-0.25, -0.2) is 13.6 Å². The molecule has 5 rings (SSSR count). The van der Waals surface area contributed by atoms with Crippen LogP contribution in [0.4, 0.5) is 23.5 Å². The molecule has 186 valence electrons. The standard InChI is InChI=1S/C22H24F4N8O/c1-12(22(24,25)26)34-18-10-13(4-5-17(18)29-31-34)14-6-9-33-19(14)20(35-3)28-21(30-33)27-16-7-8-32(2)11-15(16)23/h4-6,9-10,12,15-16H,7-8,11H2,1-3H3,(H,27,30)/t12-,15+,16-/m0/s1. The molecule has 13 heteroatoms. The molecule has 3 atom stereocenters. The fourth-order valence-corrected chi connectivity index (χ4v) is 4.34. The number of halogens is 4. The largest absolute Gasteiger partial charge is 0.479 e. The van der Waals surface area contributed by atoms with Crippen LogP contribution in [0.25, 0.3) is 27.7 Å². The molecular formula is C22H24F4N8O. The summed E-state index contributed by atoms with van der Waals surface area (Å²) in [4.78, 5) is 6.36. The monoisotopic (exact) mass is 492 g/mol. The van der Waals surface area contributed by atoms with Gasteiger partial charge >= 0.3 is 6.18 Å². The summed E-state index contributed by atoms with van der Waals surface area (Å²) in [5.74, 6) is 0.478. The van der Waals surface area contributed by atoms with Gasteiger partial charge in [-0.1, -0.05) is 11.3 Å². The minimum absolute atomic E-state index is 0.227. The van der Waals surface area contributed by atoms with Crippen LogP contribution < -0.4 is 10.1 Å². The van der Waals surface area contributed by atoms with Gasteiger partial charge in [0, 0.05) is 24.8 Å². The molecule has 1 fully saturated rings. The first-order valence-electron chi connectivity index (χ1n) is 11.1. The zero-order chi connectivity index (χ0) is 24.9. The molecule has 4 heterocycles. The van der Waals surface area contributed by atoms with Crippen LogP contribution in [0.15, 0.2) is 30.5 Å². The molecule has 1 aromatic carbocycles. The molecule has 4 aromatic rings. The number of hydrogen-bond donors (Lipinski definition) is 1. The number of hydrogen-bond acceptors (Lipinski definition) is 7. The fourth-order valence-electron chi connectivity index (χ4n) is 4.34. The average molecular weight is 492 g/mol. The quantitative estimate of drug-likeness (QED) is 0.425. The Morgan fingerprint density at radius 2 is 2.03 bits per heavy atom. The first kappa shape index (κ1) is 23.3. The van der Waals surface area contributed by atoms with Crippen LogP contribution in [-0.2, 0) is 0 Å². The lowest BCUT2D eigenvalue weighted by molar-refractivity contribution is -0.164. The summed E-state index contributed by atoms with van der Waals surface area (Å²) < 4.78 is 62.4. The van der Waals surface area contributed by atoms with Gasteiger partial charge in [0.15, 0.2) is 0 Å². The Kier molecular flexibility index (Phi) is 5.74. The Balaban J connectivity index is 1.53. The molecular weight excluding hydrogens is 468 g/mol. The van der Waals surface area contributed by atoms with E-state index in [1.165, 1.54) is 7.11 Å². The minimum Gasteiger partial charge on any atom is -0.479 e. The van der Waals surface area contributed by atoms with Gasteiger partial charge in [0.2, 0.25) is 11.8 Å². The van der Waals surface area contributed by atoms with Crippen LogP contribution in [0.1, 0.15) is 19.4 Å². The van der Waals surface area contributed by atoms with E-state index in [4.69, 9.17) is 4.74 Å². The van der Waals surface area contributed by atoms with Crippen molar-refractivity contribution in [2.24, 2.45) is 0 Å². The highest BCUT2D eigenvalue weighted by atomic mass is 19.4. The van der Waals surface area contributed by atoms with E-state index in [1.54, 1.807) is 35.0 Å². The first-order chi connectivity index (χ1) is 16.7. The lowest BCUT2D eigenvalue weighted by atomic mass is 10.0. The summed E-state index contributed by atoms with van der Waals surface area (Å²) in [6.07, 6.45) is -3.23. The van der Waals surface area contributed by atoms with Gasteiger partial charge in [-0.05, 0) is 44.2 Å². The predicted molar refractivity (Wildman–Crippen MR) is 121 cm³/mol. The van der Waals surface area contributed by atoms with Crippen molar-refractivity contribution in [2.45, 2.75) is 37.8 Å². The molecule has 9 nitrogen and oxygen atoms in total. The fraction of sp³-hybridized carbons (Fsp3) is 0.455. The molecule has 0 aliphatic carbocycles. The third-order valence-electron chi connectivity index (χ3n) is 6.35. The molecule has 0 spiro atoms. The zero-order valence-electron chi connectivity index (χ0n) is 19.3. The highest BCUT2D eigenvalue weighted by molar-refractivity contribution is 5.89. The van der Waals surface area contributed by atoms with E-state index in [0.29, 0.717) is 35.1 Å². The zero-order valence-corrected chi connectivity index (χ0v) is 19.3. The molecule has 35 heavy (non-hydrogen) atoms. The van der Waals surface area contributed by atoms with Crippen molar-refractivity contribution in [3.63, 3.8) is 0 Å². The number of fused-ring (bicyclic) bond motifs is 2. The van der Waals surface area contributed by atoms with Crippen LogP contribution in [0.3, 0.4) is 0 Å². The third-order valence-corrected chi connectivity index (χ3v) is 6.35. The van der Waals surface area contributed by atoms with E-state index in [1.807, 2.05) is 11.9 Å². The molecule has 0 bridgehead atoms. The number of benzene rings is 1. The van der Waals surface area contributed by atoms with Crippen molar-refractivity contribution < 1.29 is 22.3 Å². The summed E-state index contributed by atoms with van der Waals surface area (Å²) in [5.41, 5.74) is 2.41. The maximum Gasteiger partial charge on any atom is 0.410 e. The molecule has 1 aliphatic rings. The number of aromatic nitrogens is 6. The van der Waals surface area contributed by atoms with Crippen molar-refractivity contribution in [2.75, 3.05) is 32.6 Å². The van der Waals surface area contributed by atoms with E-state index in [0.717, 1.165) is 18.2 Å². The van der Waals surface area contributed by atoms with Gasteiger partial charge in [-0.2, -0.15) is 18.2 Å². The Bertz CT molecular complexity index is 1370. The summed E-state index contributed by atoms with van der Waals surface area (Å²) in [6, 6.07) is 4.48. The van der Waals surface area contributed by atoms with E-state index >= 15 is 0 Å². The number of likely N-dealkylation sites (tertiary alicyclic amines) is 1. The molecule has 1 N–H and O–H groups in total. The molecule has 1 aliphatic heterocycles. The topological polar surface area (TPSA) is 85.4 Å². The average Bonchev–Trinajstić information content (AvgIpc) is 3.43. The second kappa shape index (κ2) is 8.63. The van der Waals surface area contributed by atoms with Crippen molar-refractivity contribution in [3.05, 3.63) is 30.5 Å². The van der Waals surface area contributed by atoms with E-state index in [2.05, 4.69) is 25.7 Å². The molecule has 1 saturated heterocycles. The highest BCUT2D eigenvalue weighted by Gasteiger charge is 2.39. The van der Waals surface area contributed by atoms with Crippen molar-refractivity contribution >= 4 is 22.5 Å². The number of ether oxygens (including phenoxy) is 1. The molecule has 0 amide bonds. The van der Waals surface area contributed by atoms with Gasteiger partial charge in [-0.15, -0.1) is 10.2 Å². The van der Waals surface area contributed by atoms with Crippen LogP contribution in [0.5, 0.6) is 5.88 Å². The first-order valence-corrected chi connectivity index (χ1v) is 11.1. The maximum absolute atomic E-state index is 14.5. The Labute approximate surface area is 197 Å². The van der Waals surface area contributed by atoms with Gasteiger partial charge in [-0.3, -0.25) is 0 Å². The van der Waals surface area contributed by atoms with Gasteiger partial charge in [0.1, 0.15) is 23.2 Å². The Hall–Kier alpha value is -3.48. The normalized spacial score (nSPS) is 20.4. The number of piperidine rings is 1. The van der Waals surface area contributed by atoms with E-state index < -0.39 is 24.4 Å². The molecule has 3 aromatic heterocycles. The minimum atomic E-state index is -4.47. The number of alkyl halides is 4. The smallest absolute Gasteiger partial charge is 0.410 e. The molecule has 0 unspecified atom stereocenters. The van der Waals surface area contributed by atoms with E-state index in [9.17, 15) is 17.6 Å². The van der Waals surface area contributed by atoms with Crippen molar-refractivity contribution in [3.8, 4) is 17.0 Å². The lowest BCUT2D eigenvalue weighted by Gasteiger charge is -2.32. The Morgan fingerprint density at radius 1 is 1.23 bits per heavy atom. The highest BCUT2D eigenvalue weighted by Crippen LogP contribution is 2.35. The second-order valence-corrected chi connectivity index (χ2v) is 8.74. The summed E-state index contributed by atoms with van der Waals surface area (Å²) in [5, 5.41) is 15.1. The maximum atomic E-state index is 14.5. The van der Waals surface area contributed by atoms with Gasteiger partial charge < -0.3 is 15.0 Å². The summed E-state index contributed by atoms with van der Waals surface area (Å²) in [6.45, 7) is 2.11. The Morgan fingerprint density at radius 3 is 2.74 bits per heavy atom. The van der Waals surface area contributed by atoms with E-state index in [-0.39, 0.29) is 17.3 Å². The number of anilines is 1. The van der Waals surface area contributed by atoms with Crippen molar-refractivity contribution in [1.29, 1.82) is 0 Å². The van der Waals surface area contributed by atoms with Gasteiger partial charge in [0.05, 0.1) is 18.7 Å². The summed E-state index contributed by atoms with van der Waals surface area (Å²) >= 11 is 0. The second-order valence-electron chi connectivity index (χ2n) is 8.74. The third kappa shape index (κ3) is 4.24. The SMILES string of the molecule is COc1nc(N[C@H]2CCN(C)C[C@H]2F)nn2ccc(-c3ccc4nnn([C@@H](C)C(F)(F)F)c4c3)c12. The number of methoxy groups -OCH3 is 1. The predicted octanol–water partition coefficient (Wildman–Crippen LogP) is 3.73. The molecule has 0 radical (unpaired) electrons. The van der Waals surface area contributed by atoms with Gasteiger partial charge in [0.25, 0.3) is 0 Å². The van der Waals surface area contributed by atoms with Crippen LogP contribution in [0, 0.1) is 0 Å². The van der Waals surface area contributed by atoms with Crippen molar-refractivity contribution in [1.82, 2.24) is 34.5 Å². The number of nitrogens with zero attached hydrogens (tertiary/aromatic N) is 7. The number of rotatable bonds is 5. The number of nitrogens with one attached hydrogen (secondary N) is 1. The molecule has 0 saturated carbocycles.